The van der Waals surface area contributed by atoms with E-state index in [-0.39, 0.29) is 16.2 Å². The summed E-state index contributed by atoms with van der Waals surface area (Å²) < 4.78 is 6.86. The van der Waals surface area contributed by atoms with Gasteiger partial charge in [0.05, 0.1) is 11.3 Å². The summed E-state index contributed by atoms with van der Waals surface area (Å²) in [6.07, 6.45) is 5.42. The molecule has 0 amide bonds. The van der Waals surface area contributed by atoms with Crippen molar-refractivity contribution in [1.29, 1.82) is 0 Å². The third kappa shape index (κ3) is 3.61. The summed E-state index contributed by atoms with van der Waals surface area (Å²) in [5.41, 5.74) is 0.398. The lowest BCUT2D eigenvalue weighted by molar-refractivity contribution is 0.0787. The number of nitrogens with zero attached hydrogens (tertiary/aromatic N) is 1. The monoisotopic (exact) mass is 364 g/mol. The first kappa shape index (κ1) is 17.0. The van der Waals surface area contributed by atoms with Gasteiger partial charge in [0.1, 0.15) is 0 Å². The number of H-pyrrole nitrogens is 1. The quantitative estimate of drug-likeness (QED) is 0.815. The van der Waals surface area contributed by atoms with Gasteiger partial charge in [-0.05, 0) is 61.3 Å². The molecule has 0 radical (unpaired) electrons. The Morgan fingerprint density at radius 2 is 1.96 bits per heavy atom. The summed E-state index contributed by atoms with van der Waals surface area (Å²) >= 11 is 11.1. The highest BCUT2D eigenvalue weighted by atomic mass is 35.5. The zero-order valence-electron chi connectivity index (χ0n) is 12.9. The van der Waals surface area contributed by atoms with Gasteiger partial charge >= 0.3 is 0 Å². The average molecular weight is 365 g/mol. The Morgan fingerprint density at radius 1 is 1.29 bits per heavy atom. The van der Waals surface area contributed by atoms with Gasteiger partial charge in [-0.25, -0.2) is 0 Å². The lowest BCUT2D eigenvalue weighted by atomic mass is 9.99. The molecule has 24 heavy (non-hydrogen) atoms. The fraction of sp³-hybridized carbons (Fsp3) is 0.294. The SMILES string of the molecule is O=c1[nH]c(=S)n(-c2ccc(Cl)cc2)c(O)c1C=CC1CCOCC1. The van der Waals surface area contributed by atoms with E-state index in [0.29, 0.717) is 29.8 Å². The van der Waals surface area contributed by atoms with Crippen LogP contribution >= 0.6 is 23.8 Å². The number of hydrogen-bond donors (Lipinski definition) is 2. The van der Waals surface area contributed by atoms with Crippen molar-refractivity contribution in [2.24, 2.45) is 5.92 Å². The lowest BCUT2D eigenvalue weighted by Crippen LogP contribution is -2.17. The Bertz CT molecular complexity index is 865. The smallest absolute Gasteiger partial charge is 0.262 e. The zero-order valence-corrected chi connectivity index (χ0v) is 14.4. The summed E-state index contributed by atoms with van der Waals surface area (Å²) in [5.74, 6) is 0.152. The minimum Gasteiger partial charge on any atom is -0.494 e. The molecule has 126 valence electrons. The van der Waals surface area contributed by atoms with Crippen LogP contribution in [0, 0.1) is 10.7 Å². The van der Waals surface area contributed by atoms with Crippen LogP contribution in [0.2, 0.25) is 5.02 Å². The Morgan fingerprint density at radius 3 is 2.62 bits per heavy atom. The summed E-state index contributed by atoms with van der Waals surface area (Å²) in [7, 11) is 0. The van der Waals surface area contributed by atoms with Crippen molar-refractivity contribution in [1.82, 2.24) is 9.55 Å². The summed E-state index contributed by atoms with van der Waals surface area (Å²) in [4.78, 5) is 14.8. The van der Waals surface area contributed by atoms with Gasteiger partial charge in [0, 0.05) is 18.2 Å². The minimum atomic E-state index is -0.411. The molecule has 2 heterocycles. The van der Waals surface area contributed by atoms with Crippen LogP contribution in [0.3, 0.4) is 0 Å². The van der Waals surface area contributed by atoms with Gasteiger partial charge in [0.25, 0.3) is 5.56 Å². The fourth-order valence-corrected chi connectivity index (χ4v) is 3.07. The van der Waals surface area contributed by atoms with Crippen LogP contribution < -0.4 is 5.56 Å². The van der Waals surface area contributed by atoms with Gasteiger partial charge in [-0.1, -0.05) is 17.7 Å². The summed E-state index contributed by atoms with van der Waals surface area (Å²) in [6, 6.07) is 6.84. The second kappa shape index (κ2) is 7.34. The normalized spacial score (nSPS) is 15.9. The predicted octanol–water partition coefficient (Wildman–Crippen LogP) is 3.69. The number of ether oxygens (including phenoxy) is 1. The van der Waals surface area contributed by atoms with Crippen LogP contribution in [0.5, 0.6) is 5.88 Å². The van der Waals surface area contributed by atoms with Crippen LogP contribution in [0.25, 0.3) is 11.8 Å². The molecule has 0 saturated carbocycles. The molecule has 2 aromatic rings. The van der Waals surface area contributed by atoms with Gasteiger partial charge in [-0.15, -0.1) is 0 Å². The predicted molar refractivity (Wildman–Crippen MR) is 96.5 cm³/mol. The molecular weight excluding hydrogens is 348 g/mol. The number of aromatic amines is 1. The number of allylic oxidation sites excluding steroid dienone is 1. The molecule has 0 unspecified atom stereocenters. The van der Waals surface area contributed by atoms with Crippen LogP contribution in [0.4, 0.5) is 0 Å². The molecule has 5 nitrogen and oxygen atoms in total. The molecule has 0 spiro atoms. The van der Waals surface area contributed by atoms with Gasteiger partial charge < -0.3 is 9.84 Å². The van der Waals surface area contributed by atoms with E-state index < -0.39 is 5.56 Å². The lowest BCUT2D eigenvalue weighted by Gasteiger charge is -2.18. The van der Waals surface area contributed by atoms with Crippen LogP contribution in [-0.4, -0.2) is 27.9 Å². The maximum Gasteiger partial charge on any atom is 0.262 e. The van der Waals surface area contributed by atoms with Crippen molar-refractivity contribution in [2.45, 2.75) is 12.8 Å². The molecule has 1 fully saturated rings. The number of nitrogens with one attached hydrogen (secondary N) is 1. The summed E-state index contributed by atoms with van der Waals surface area (Å²) in [6.45, 7) is 1.43. The first-order valence-corrected chi connectivity index (χ1v) is 8.45. The van der Waals surface area contributed by atoms with Gasteiger partial charge in [-0.3, -0.25) is 14.3 Å². The maximum atomic E-state index is 12.2. The Hall–Kier alpha value is -1.89. The molecular formula is C17H17ClN2O3S. The third-order valence-electron chi connectivity index (χ3n) is 4.01. The number of halogens is 1. The molecule has 2 N–H and O–H groups in total. The zero-order chi connectivity index (χ0) is 17.1. The van der Waals surface area contributed by atoms with E-state index in [0.717, 1.165) is 12.8 Å². The van der Waals surface area contributed by atoms with Crippen LogP contribution in [0.1, 0.15) is 18.4 Å². The largest absolute Gasteiger partial charge is 0.494 e. The first-order chi connectivity index (χ1) is 11.6. The van der Waals surface area contributed by atoms with Gasteiger partial charge in [0.2, 0.25) is 5.88 Å². The molecule has 3 rings (SSSR count). The van der Waals surface area contributed by atoms with Crippen molar-refractivity contribution in [3.63, 3.8) is 0 Å². The number of aromatic nitrogens is 2. The molecule has 1 aromatic carbocycles. The first-order valence-electron chi connectivity index (χ1n) is 7.66. The number of rotatable bonds is 3. The molecule has 1 aliphatic rings. The Labute approximate surface area is 149 Å². The van der Waals surface area contributed by atoms with E-state index in [9.17, 15) is 9.90 Å². The second-order valence-electron chi connectivity index (χ2n) is 5.62. The van der Waals surface area contributed by atoms with E-state index in [4.69, 9.17) is 28.6 Å². The van der Waals surface area contributed by atoms with Crippen LogP contribution in [0.15, 0.2) is 35.1 Å². The van der Waals surface area contributed by atoms with E-state index >= 15 is 0 Å². The van der Waals surface area contributed by atoms with E-state index in [1.54, 1.807) is 30.3 Å². The highest BCUT2D eigenvalue weighted by molar-refractivity contribution is 7.71. The fourth-order valence-electron chi connectivity index (χ4n) is 2.66. The second-order valence-corrected chi connectivity index (χ2v) is 6.44. The molecule has 7 heteroatoms. The number of benzene rings is 1. The van der Waals surface area contributed by atoms with E-state index in [1.807, 2.05) is 6.08 Å². The molecule has 0 aliphatic carbocycles. The van der Waals surface area contributed by atoms with Crippen molar-refractivity contribution in [3.8, 4) is 11.6 Å². The molecule has 1 aromatic heterocycles. The summed E-state index contributed by atoms with van der Waals surface area (Å²) in [5, 5.41) is 11.1. The third-order valence-corrected chi connectivity index (χ3v) is 4.54. The number of hydrogen-bond acceptors (Lipinski definition) is 4. The minimum absolute atomic E-state index is 0.128. The van der Waals surface area contributed by atoms with Crippen molar-refractivity contribution >= 4 is 29.9 Å². The van der Waals surface area contributed by atoms with Gasteiger partial charge in [-0.2, -0.15) is 0 Å². The van der Waals surface area contributed by atoms with Crippen molar-refractivity contribution in [3.05, 3.63) is 56.1 Å². The van der Waals surface area contributed by atoms with Crippen LogP contribution in [-0.2, 0) is 4.74 Å². The standard InChI is InChI=1S/C17H17ClN2O3S/c18-12-2-4-13(5-3-12)20-16(22)14(15(21)19-17(20)24)6-1-11-7-9-23-10-8-11/h1-6,11,22H,7-10H2,(H,19,21,24). The highest BCUT2D eigenvalue weighted by Gasteiger charge is 2.14. The van der Waals surface area contributed by atoms with E-state index in [2.05, 4.69) is 4.98 Å². The highest BCUT2D eigenvalue weighted by Crippen LogP contribution is 2.23. The average Bonchev–Trinajstić information content (AvgIpc) is 2.57. The van der Waals surface area contributed by atoms with Crippen molar-refractivity contribution in [2.75, 3.05) is 13.2 Å². The molecule has 0 bridgehead atoms. The molecule has 0 atom stereocenters. The van der Waals surface area contributed by atoms with Gasteiger partial charge in [0.15, 0.2) is 4.77 Å². The van der Waals surface area contributed by atoms with E-state index in [1.165, 1.54) is 4.57 Å². The Kier molecular flexibility index (Phi) is 5.18. The van der Waals surface area contributed by atoms with Crippen molar-refractivity contribution < 1.29 is 9.84 Å². The molecule has 1 aliphatic heterocycles. The Balaban J connectivity index is 2.02. The topological polar surface area (TPSA) is 67.2 Å². The molecule has 1 saturated heterocycles. The number of aromatic hydroxyl groups is 1. The maximum absolute atomic E-state index is 12.2.